The Morgan fingerprint density at radius 2 is 2.00 bits per heavy atom. The molecular formula is C29H32FN9O2S2. The summed E-state index contributed by atoms with van der Waals surface area (Å²) in [6, 6.07) is 8.25. The first-order chi connectivity index (χ1) is 20.8. The fourth-order valence-corrected chi connectivity index (χ4v) is 8.33. The van der Waals surface area contributed by atoms with Gasteiger partial charge in [-0.15, -0.1) is 5.10 Å². The lowest BCUT2D eigenvalue weighted by Gasteiger charge is -2.40. The second-order valence-corrected chi connectivity index (χ2v) is 13.5. The standard InChI is InChI=1S/C29H32FN9O2S2/c1-3-21-25(35(2)26-33-24(22(13-31)42-26)18-5-7-19(30)8-6-18)39-27(32-21)43-28(34-39)36-12-10-29(17-36)9-4-11-38(29)16-23(41)37-14-20(40)15-37/h5-8,20,40H,3-4,9-12,14-17H2,1-2H3. The summed E-state index contributed by atoms with van der Waals surface area (Å²) in [6.45, 7) is 5.90. The Morgan fingerprint density at radius 3 is 2.72 bits per heavy atom. The van der Waals surface area contributed by atoms with Crippen molar-refractivity contribution < 1.29 is 14.3 Å². The summed E-state index contributed by atoms with van der Waals surface area (Å²) in [4.78, 5) is 32.1. The Balaban J connectivity index is 1.14. The smallest absolute Gasteiger partial charge is 0.236 e. The zero-order chi connectivity index (χ0) is 29.9. The molecule has 3 aromatic heterocycles. The van der Waals surface area contributed by atoms with Crippen molar-refractivity contribution in [2.45, 2.75) is 44.2 Å². The summed E-state index contributed by atoms with van der Waals surface area (Å²) in [5.41, 5.74) is 2.05. The predicted octanol–water partition coefficient (Wildman–Crippen LogP) is 3.50. The van der Waals surface area contributed by atoms with Crippen LogP contribution in [0.5, 0.6) is 0 Å². The van der Waals surface area contributed by atoms with Gasteiger partial charge in [0.2, 0.25) is 16.0 Å². The summed E-state index contributed by atoms with van der Waals surface area (Å²) in [5, 5.41) is 26.0. The van der Waals surface area contributed by atoms with E-state index in [1.54, 1.807) is 28.4 Å². The minimum absolute atomic E-state index is 0.0492. The average molecular weight is 622 g/mol. The summed E-state index contributed by atoms with van der Waals surface area (Å²) in [5.74, 6) is 0.568. The number of anilines is 3. The quantitative estimate of drug-likeness (QED) is 0.331. The molecule has 3 saturated heterocycles. The number of amides is 1. The fraction of sp³-hybridized carbons (Fsp3) is 0.483. The van der Waals surface area contributed by atoms with Crippen LogP contribution >= 0.6 is 22.7 Å². The van der Waals surface area contributed by atoms with Crippen molar-refractivity contribution >= 4 is 49.6 Å². The van der Waals surface area contributed by atoms with Crippen molar-refractivity contribution in [3.8, 4) is 17.3 Å². The molecule has 0 radical (unpaired) electrons. The predicted molar refractivity (Wildman–Crippen MR) is 163 cm³/mol. The first kappa shape index (κ1) is 28.1. The molecule has 1 N–H and O–H groups in total. The molecule has 14 heteroatoms. The van der Waals surface area contributed by atoms with Crippen molar-refractivity contribution in [2.75, 3.05) is 56.1 Å². The molecule has 4 aromatic rings. The van der Waals surface area contributed by atoms with Crippen LogP contribution in [0.15, 0.2) is 24.3 Å². The number of aliphatic hydroxyl groups excluding tert-OH is 1. The van der Waals surface area contributed by atoms with Gasteiger partial charge in [-0.2, -0.15) is 9.78 Å². The SMILES string of the molecule is CCc1nc2sc(N3CCC4(CCCN4CC(=O)N4CC(O)C4)C3)nn2c1N(C)c1nc(-c2ccc(F)cc2)c(C#N)s1. The lowest BCUT2D eigenvalue weighted by molar-refractivity contribution is -0.143. The van der Waals surface area contributed by atoms with Gasteiger partial charge in [-0.25, -0.2) is 14.4 Å². The number of aliphatic hydroxyl groups is 1. The second kappa shape index (κ2) is 10.8. The van der Waals surface area contributed by atoms with Gasteiger partial charge in [-0.3, -0.25) is 9.69 Å². The van der Waals surface area contributed by atoms with Crippen molar-refractivity contribution in [3.05, 3.63) is 40.7 Å². The highest BCUT2D eigenvalue weighted by atomic mass is 32.1. The van der Waals surface area contributed by atoms with Gasteiger partial charge in [0.1, 0.15) is 22.5 Å². The third-order valence-corrected chi connectivity index (χ3v) is 10.9. The number of aromatic nitrogens is 4. The summed E-state index contributed by atoms with van der Waals surface area (Å²) in [7, 11) is 1.91. The molecule has 7 rings (SSSR count). The average Bonchev–Trinajstić information content (AvgIpc) is 3.80. The molecule has 224 valence electrons. The highest BCUT2D eigenvalue weighted by Crippen LogP contribution is 2.42. The van der Waals surface area contributed by atoms with E-state index in [1.165, 1.54) is 23.5 Å². The highest BCUT2D eigenvalue weighted by molar-refractivity contribution is 7.20. The van der Waals surface area contributed by atoms with Gasteiger partial charge in [0.15, 0.2) is 10.9 Å². The first-order valence-electron chi connectivity index (χ1n) is 14.5. The van der Waals surface area contributed by atoms with Gasteiger partial charge in [-0.1, -0.05) is 29.6 Å². The summed E-state index contributed by atoms with van der Waals surface area (Å²) >= 11 is 2.84. The van der Waals surface area contributed by atoms with E-state index in [0.29, 0.717) is 47.3 Å². The van der Waals surface area contributed by atoms with Crippen LogP contribution in [0.3, 0.4) is 0 Å². The van der Waals surface area contributed by atoms with E-state index in [4.69, 9.17) is 15.1 Å². The normalized spacial score (nSPS) is 20.8. The number of carbonyl (C=O) groups is 1. The van der Waals surface area contributed by atoms with Crippen LogP contribution in [0.1, 0.15) is 36.8 Å². The summed E-state index contributed by atoms with van der Waals surface area (Å²) < 4.78 is 15.4. The van der Waals surface area contributed by atoms with Gasteiger partial charge in [0.25, 0.3) is 0 Å². The third kappa shape index (κ3) is 4.84. The number of hydrogen-bond donors (Lipinski definition) is 1. The number of imidazole rings is 1. The highest BCUT2D eigenvalue weighted by Gasteiger charge is 2.48. The van der Waals surface area contributed by atoms with Crippen molar-refractivity contribution in [3.63, 3.8) is 0 Å². The molecule has 1 spiro atoms. The van der Waals surface area contributed by atoms with Gasteiger partial charge in [0, 0.05) is 44.3 Å². The lowest BCUT2D eigenvalue weighted by atomic mass is 9.95. The molecule has 1 aromatic carbocycles. The van der Waals surface area contributed by atoms with Gasteiger partial charge in [0.05, 0.1) is 18.3 Å². The molecule has 3 aliphatic rings. The van der Waals surface area contributed by atoms with Crippen molar-refractivity contribution in [1.29, 1.82) is 5.26 Å². The van der Waals surface area contributed by atoms with Crippen LogP contribution in [-0.2, 0) is 11.2 Å². The number of β-amino-alcohol motifs (C(OH)–C–C–N with tert-alkyl or cyclic N) is 1. The van der Waals surface area contributed by atoms with Gasteiger partial charge < -0.3 is 19.8 Å². The Kier molecular flexibility index (Phi) is 7.08. The van der Waals surface area contributed by atoms with E-state index in [1.807, 2.05) is 16.5 Å². The number of benzene rings is 1. The Bertz CT molecular complexity index is 1720. The molecule has 3 aliphatic heterocycles. The van der Waals surface area contributed by atoms with Crippen LogP contribution in [-0.4, -0.2) is 98.4 Å². The number of rotatable bonds is 7. The van der Waals surface area contributed by atoms with E-state index < -0.39 is 0 Å². The Morgan fingerprint density at radius 1 is 1.21 bits per heavy atom. The molecule has 3 fully saturated rings. The molecule has 6 heterocycles. The number of nitriles is 1. The lowest BCUT2D eigenvalue weighted by Crippen LogP contribution is -2.58. The number of aryl methyl sites for hydroxylation is 1. The minimum atomic E-state index is -0.389. The van der Waals surface area contributed by atoms with Crippen LogP contribution in [0.2, 0.25) is 0 Å². The number of hydrogen-bond acceptors (Lipinski definition) is 11. The van der Waals surface area contributed by atoms with E-state index in [0.717, 1.165) is 60.5 Å². The van der Waals surface area contributed by atoms with Crippen LogP contribution < -0.4 is 9.80 Å². The zero-order valence-corrected chi connectivity index (χ0v) is 25.7. The second-order valence-electron chi connectivity index (χ2n) is 11.5. The van der Waals surface area contributed by atoms with E-state index in [-0.39, 0.29) is 23.4 Å². The van der Waals surface area contributed by atoms with Gasteiger partial charge in [-0.05, 0) is 56.5 Å². The maximum atomic E-state index is 13.5. The van der Waals surface area contributed by atoms with Gasteiger partial charge >= 0.3 is 0 Å². The topological polar surface area (TPSA) is 117 Å². The molecule has 1 atom stereocenters. The number of halogens is 1. The minimum Gasteiger partial charge on any atom is -0.389 e. The largest absolute Gasteiger partial charge is 0.389 e. The molecule has 0 bridgehead atoms. The maximum Gasteiger partial charge on any atom is 0.236 e. The number of fused-ring (bicyclic) bond motifs is 1. The molecule has 1 unspecified atom stereocenters. The monoisotopic (exact) mass is 621 g/mol. The molecule has 0 saturated carbocycles. The van der Waals surface area contributed by atoms with E-state index in [2.05, 4.69) is 22.8 Å². The molecular weight excluding hydrogens is 590 g/mol. The number of nitrogens with zero attached hydrogens (tertiary/aromatic N) is 9. The molecule has 1 amide bonds. The van der Waals surface area contributed by atoms with Crippen molar-refractivity contribution in [2.24, 2.45) is 0 Å². The van der Waals surface area contributed by atoms with Crippen molar-refractivity contribution in [1.82, 2.24) is 29.4 Å². The van der Waals surface area contributed by atoms with Crippen LogP contribution in [0.4, 0.5) is 20.5 Å². The van der Waals surface area contributed by atoms with E-state index in [9.17, 15) is 19.6 Å². The number of carbonyl (C=O) groups excluding carboxylic acids is 1. The van der Waals surface area contributed by atoms with E-state index >= 15 is 0 Å². The number of likely N-dealkylation sites (tertiary alicyclic amines) is 2. The first-order valence-corrected chi connectivity index (χ1v) is 16.2. The summed E-state index contributed by atoms with van der Waals surface area (Å²) in [6.07, 6.45) is 3.41. The number of thiazole rings is 1. The molecule has 11 nitrogen and oxygen atoms in total. The third-order valence-electron chi connectivity index (χ3n) is 8.90. The molecule has 43 heavy (non-hydrogen) atoms. The Hall–Kier alpha value is -3.64. The zero-order valence-electron chi connectivity index (χ0n) is 24.0. The van der Waals surface area contributed by atoms with Crippen LogP contribution in [0, 0.1) is 17.1 Å². The fourth-order valence-electron chi connectivity index (χ4n) is 6.54. The Labute approximate surface area is 256 Å². The molecule has 0 aliphatic carbocycles. The maximum absolute atomic E-state index is 13.5. The van der Waals surface area contributed by atoms with Crippen LogP contribution in [0.25, 0.3) is 16.2 Å².